The lowest BCUT2D eigenvalue weighted by Crippen LogP contribution is -2.51. The maximum absolute atomic E-state index is 14.9. The maximum Gasteiger partial charge on any atom is 0.246 e. The Labute approximate surface area is 167 Å². The van der Waals surface area contributed by atoms with Gasteiger partial charge in [-0.3, -0.25) is 15.2 Å². The fourth-order valence-corrected chi connectivity index (χ4v) is 3.54. The van der Waals surface area contributed by atoms with Crippen molar-refractivity contribution < 1.29 is 14.3 Å². The van der Waals surface area contributed by atoms with Crippen molar-refractivity contribution in [3.63, 3.8) is 0 Å². The van der Waals surface area contributed by atoms with Crippen molar-refractivity contribution in [1.82, 2.24) is 20.5 Å². The van der Waals surface area contributed by atoms with Crippen LogP contribution in [0.1, 0.15) is 29.0 Å². The third kappa shape index (κ3) is 4.03. The predicted molar refractivity (Wildman–Crippen MR) is 106 cm³/mol. The standard InChI is InChI=1S/C21H22FN5O2/c1-27-16-10-6-5-9-14(16)12-15(22)18(21(27)29)24-20(28)19-23-17(25-26-19)11-13-7-3-2-4-8-13/h2-10,15,18,20,24,28H,11-12H2,1H3,(H,23,25,26)/t15-,18?,20?/m1/s1. The van der Waals surface area contributed by atoms with Crippen LogP contribution in [-0.4, -0.2) is 45.5 Å². The zero-order valence-corrected chi connectivity index (χ0v) is 15.9. The Morgan fingerprint density at radius 3 is 2.76 bits per heavy atom. The number of nitrogens with one attached hydrogen (secondary N) is 2. The number of aliphatic hydroxyl groups excluding tert-OH is 1. The average Bonchev–Trinajstić information content (AvgIpc) is 3.17. The van der Waals surface area contributed by atoms with E-state index in [-0.39, 0.29) is 12.2 Å². The molecule has 7 nitrogen and oxygen atoms in total. The molecule has 4 rings (SSSR count). The smallest absolute Gasteiger partial charge is 0.246 e. The minimum absolute atomic E-state index is 0.0698. The van der Waals surface area contributed by atoms with E-state index < -0.39 is 24.3 Å². The molecule has 1 amide bonds. The molecule has 3 aromatic rings. The fourth-order valence-electron chi connectivity index (χ4n) is 3.54. The summed E-state index contributed by atoms with van der Waals surface area (Å²) in [5, 5.41) is 19.9. The van der Waals surface area contributed by atoms with Crippen molar-refractivity contribution in [1.29, 1.82) is 0 Å². The highest BCUT2D eigenvalue weighted by molar-refractivity contribution is 5.98. The number of para-hydroxylation sites is 1. The number of halogens is 1. The van der Waals surface area contributed by atoms with E-state index in [1.165, 1.54) is 4.90 Å². The number of fused-ring (bicyclic) bond motifs is 1. The summed E-state index contributed by atoms with van der Waals surface area (Å²) < 4.78 is 14.9. The van der Waals surface area contributed by atoms with Crippen molar-refractivity contribution >= 4 is 11.6 Å². The molecular formula is C21H22FN5O2. The minimum Gasteiger partial charge on any atom is -0.371 e. The molecule has 0 spiro atoms. The van der Waals surface area contributed by atoms with Crippen LogP contribution in [-0.2, 0) is 17.6 Å². The number of carbonyl (C=O) groups excluding carboxylic acids is 1. The number of nitrogens with zero attached hydrogens (tertiary/aromatic N) is 3. The molecule has 0 radical (unpaired) electrons. The fraction of sp³-hybridized carbons (Fsp3) is 0.286. The Balaban J connectivity index is 1.48. The quantitative estimate of drug-likeness (QED) is 0.574. The van der Waals surface area contributed by atoms with Crippen molar-refractivity contribution in [2.24, 2.45) is 0 Å². The minimum atomic E-state index is -1.49. The Bertz CT molecular complexity index is 994. The van der Waals surface area contributed by atoms with Crippen LogP contribution in [0.4, 0.5) is 10.1 Å². The van der Waals surface area contributed by atoms with E-state index in [1.807, 2.05) is 36.4 Å². The van der Waals surface area contributed by atoms with E-state index in [2.05, 4.69) is 20.5 Å². The molecule has 1 aliphatic rings. The van der Waals surface area contributed by atoms with E-state index in [0.717, 1.165) is 11.1 Å². The molecule has 0 saturated carbocycles. The summed E-state index contributed by atoms with van der Waals surface area (Å²) in [7, 11) is 1.60. The first-order chi connectivity index (χ1) is 14.0. The van der Waals surface area contributed by atoms with Gasteiger partial charge in [0.05, 0.1) is 0 Å². The van der Waals surface area contributed by atoms with Gasteiger partial charge in [-0.05, 0) is 17.2 Å². The van der Waals surface area contributed by atoms with Gasteiger partial charge in [0.15, 0.2) is 12.1 Å². The van der Waals surface area contributed by atoms with E-state index in [0.29, 0.717) is 17.9 Å². The van der Waals surface area contributed by atoms with Crippen LogP contribution >= 0.6 is 0 Å². The van der Waals surface area contributed by atoms with Crippen LogP contribution in [0.2, 0.25) is 0 Å². The van der Waals surface area contributed by atoms with E-state index in [4.69, 9.17) is 0 Å². The van der Waals surface area contributed by atoms with Gasteiger partial charge < -0.3 is 10.0 Å². The molecule has 3 N–H and O–H groups in total. The number of hydrogen-bond acceptors (Lipinski definition) is 5. The van der Waals surface area contributed by atoms with Gasteiger partial charge >= 0.3 is 0 Å². The highest BCUT2D eigenvalue weighted by atomic mass is 19.1. The molecule has 0 aliphatic carbocycles. The first-order valence-corrected chi connectivity index (χ1v) is 9.41. The van der Waals surface area contributed by atoms with Gasteiger partial charge in [-0.25, -0.2) is 9.37 Å². The molecule has 2 unspecified atom stereocenters. The number of hydrogen-bond donors (Lipinski definition) is 3. The third-order valence-corrected chi connectivity index (χ3v) is 5.07. The Hall–Kier alpha value is -3.10. The highest BCUT2D eigenvalue weighted by Gasteiger charge is 2.37. The summed E-state index contributed by atoms with van der Waals surface area (Å²) in [6, 6.07) is 15.7. The number of H-pyrrole nitrogens is 1. The van der Waals surface area contributed by atoms with Crippen molar-refractivity contribution in [2.45, 2.75) is 31.3 Å². The summed E-state index contributed by atoms with van der Waals surface area (Å²) in [5.41, 5.74) is 2.46. The molecule has 3 atom stereocenters. The summed E-state index contributed by atoms with van der Waals surface area (Å²) in [6.07, 6.45) is -2.28. The normalized spacial score (nSPS) is 20.2. The number of carbonyl (C=O) groups is 1. The van der Waals surface area contributed by atoms with Crippen LogP contribution < -0.4 is 10.2 Å². The zero-order chi connectivity index (χ0) is 20.4. The molecule has 29 heavy (non-hydrogen) atoms. The Kier molecular flexibility index (Phi) is 5.37. The molecule has 150 valence electrons. The third-order valence-electron chi connectivity index (χ3n) is 5.07. The van der Waals surface area contributed by atoms with Gasteiger partial charge in [0.1, 0.15) is 18.0 Å². The Morgan fingerprint density at radius 1 is 1.24 bits per heavy atom. The number of amides is 1. The molecule has 8 heteroatoms. The van der Waals surface area contributed by atoms with Crippen LogP contribution in [0, 0.1) is 0 Å². The highest BCUT2D eigenvalue weighted by Crippen LogP contribution is 2.28. The molecular weight excluding hydrogens is 373 g/mol. The molecule has 0 bridgehead atoms. The average molecular weight is 395 g/mol. The molecule has 0 saturated heterocycles. The zero-order valence-electron chi connectivity index (χ0n) is 15.9. The second-order valence-corrected chi connectivity index (χ2v) is 7.10. The number of likely N-dealkylation sites (N-methyl/N-ethyl adjacent to an activating group) is 1. The lowest BCUT2D eigenvalue weighted by molar-refractivity contribution is -0.122. The number of aliphatic hydroxyl groups is 1. The molecule has 1 aliphatic heterocycles. The monoisotopic (exact) mass is 395 g/mol. The lowest BCUT2D eigenvalue weighted by atomic mass is 10.0. The van der Waals surface area contributed by atoms with Gasteiger partial charge in [-0.1, -0.05) is 48.5 Å². The molecule has 1 aromatic heterocycles. The second kappa shape index (κ2) is 8.10. The largest absolute Gasteiger partial charge is 0.371 e. The molecule has 0 fully saturated rings. The number of aromatic amines is 1. The van der Waals surface area contributed by atoms with E-state index in [1.54, 1.807) is 25.2 Å². The van der Waals surface area contributed by atoms with Gasteiger partial charge in [-0.2, -0.15) is 5.10 Å². The summed E-state index contributed by atoms with van der Waals surface area (Å²) in [4.78, 5) is 18.5. The topological polar surface area (TPSA) is 94.1 Å². The number of rotatable bonds is 5. The van der Waals surface area contributed by atoms with Crippen molar-refractivity contribution in [3.8, 4) is 0 Å². The number of benzene rings is 2. The SMILES string of the molecule is CN1C(=O)C(NC(O)c2n[nH]c(Cc3ccccc3)n2)[C@H](F)Cc2ccccc21. The van der Waals surface area contributed by atoms with Gasteiger partial charge in [0.2, 0.25) is 5.91 Å². The van der Waals surface area contributed by atoms with Gasteiger partial charge in [0.25, 0.3) is 0 Å². The van der Waals surface area contributed by atoms with Gasteiger partial charge in [0, 0.05) is 25.6 Å². The van der Waals surface area contributed by atoms with Crippen molar-refractivity contribution in [2.75, 3.05) is 11.9 Å². The van der Waals surface area contributed by atoms with Gasteiger partial charge in [-0.15, -0.1) is 0 Å². The van der Waals surface area contributed by atoms with Crippen molar-refractivity contribution in [3.05, 3.63) is 77.4 Å². The predicted octanol–water partition coefficient (Wildman–Crippen LogP) is 1.90. The first-order valence-electron chi connectivity index (χ1n) is 9.41. The van der Waals surface area contributed by atoms with Crippen LogP contribution in [0.5, 0.6) is 0 Å². The number of alkyl halides is 1. The second-order valence-electron chi connectivity index (χ2n) is 7.10. The summed E-state index contributed by atoms with van der Waals surface area (Å²) in [5.74, 6) is 0.183. The Morgan fingerprint density at radius 2 is 1.97 bits per heavy atom. The maximum atomic E-state index is 14.9. The number of aromatic nitrogens is 3. The first kappa shape index (κ1) is 19.2. The number of anilines is 1. The van der Waals surface area contributed by atoms with E-state index >= 15 is 0 Å². The van der Waals surface area contributed by atoms with Crippen LogP contribution in [0.25, 0.3) is 0 Å². The molecule has 2 heterocycles. The van der Waals surface area contributed by atoms with Crippen LogP contribution in [0.15, 0.2) is 54.6 Å². The lowest BCUT2D eigenvalue weighted by Gasteiger charge is -2.24. The van der Waals surface area contributed by atoms with Crippen LogP contribution in [0.3, 0.4) is 0 Å². The summed E-state index contributed by atoms with van der Waals surface area (Å²) in [6.45, 7) is 0. The summed E-state index contributed by atoms with van der Waals surface area (Å²) >= 11 is 0. The molecule has 2 aromatic carbocycles. The van der Waals surface area contributed by atoms with E-state index in [9.17, 15) is 14.3 Å².